The summed E-state index contributed by atoms with van der Waals surface area (Å²) in [4.78, 5) is 14.8. The van der Waals surface area contributed by atoms with Crippen LogP contribution in [0.4, 0.5) is 0 Å². The van der Waals surface area contributed by atoms with E-state index in [2.05, 4.69) is 40.5 Å². The van der Waals surface area contributed by atoms with Crippen LogP contribution in [0.5, 0.6) is 0 Å². The average molecular weight is 344 g/mol. The van der Waals surface area contributed by atoms with Crippen LogP contribution in [0.15, 0.2) is 41.8 Å². The standard InChI is InChI=1S/C18H24N4OS/c1-14(24-18-20-19-13-21(18)2)17(23)22-11-6-9-16(10-12-22)15-7-4-3-5-8-15/h3-5,7-8,13-14,16H,6,9-12H2,1-2H3/t14-,16-/m0/s1. The summed E-state index contributed by atoms with van der Waals surface area (Å²) in [5, 5.41) is 8.58. The van der Waals surface area contributed by atoms with Gasteiger partial charge in [0.1, 0.15) is 6.33 Å². The molecule has 2 atom stereocenters. The van der Waals surface area contributed by atoms with Crippen molar-refractivity contribution in [1.29, 1.82) is 0 Å². The number of aryl methyl sites for hydroxylation is 1. The molecule has 5 nitrogen and oxygen atoms in total. The Morgan fingerprint density at radius 1 is 1.25 bits per heavy atom. The molecule has 1 aliphatic rings. The van der Waals surface area contributed by atoms with Gasteiger partial charge in [-0.05, 0) is 37.7 Å². The first kappa shape index (κ1) is 17.0. The van der Waals surface area contributed by atoms with Gasteiger partial charge in [-0.2, -0.15) is 0 Å². The lowest BCUT2D eigenvalue weighted by Gasteiger charge is -2.24. The van der Waals surface area contributed by atoms with Gasteiger partial charge in [0.2, 0.25) is 5.91 Å². The van der Waals surface area contributed by atoms with Crippen molar-refractivity contribution in [2.24, 2.45) is 7.05 Å². The second-order valence-corrected chi connectivity index (χ2v) is 7.66. The largest absolute Gasteiger partial charge is 0.342 e. The van der Waals surface area contributed by atoms with Crippen molar-refractivity contribution in [3.8, 4) is 0 Å². The summed E-state index contributed by atoms with van der Waals surface area (Å²) >= 11 is 1.48. The number of carbonyl (C=O) groups excluding carboxylic acids is 1. The Morgan fingerprint density at radius 3 is 2.75 bits per heavy atom. The van der Waals surface area contributed by atoms with Gasteiger partial charge >= 0.3 is 0 Å². The molecule has 6 heteroatoms. The first-order valence-corrected chi connectivity index (χ1v) is 9.37. The molecule has 1 fully saturated rings. The van der Waals surface area contributed by atoms with Crippen LogP contribution in [-0.2, 0) is 11.8 Å². The summed E-state index contributed by atoms with van der Waals surface area (Å²) < 4.78 is 1.85. The van der Waals surface area contributed by atoms with Crippen LogP contribution >= 0.6 is 11.8 Å². The number of aromatic nitrogens is 3. The van der Waals surface area contributed by atoms with E-state index in [4.69, 9.17) is 0 Å². The quantitative estimate of drug-likeness (QED) is 0.800. The van der Waals surface area contributed by atoms with Crippen LogP contribution < -0.4 is 0 Å². The molecule has 128 valence electrons. The Kier molecular flexibility index (Phi) is 5.56. The molecule has 0 unspecified atom stereocenters. The van der Waals surface area contributed by atoms with Crippen LogP contribution in [0, 0.1) is 0 Å². The molecule has 0 radical (unpaired) electrons. The van der Waals surface area contributed by atoms with Crippen LogP contribution in [0.25, 0.3) is 0 Å². The lowest BCUT2D eigenvalue weighted by Crippen LogP contribution is -2.37. The molecule has 2 heterocycles. The third kappa shape index (κ3) is 3.98. The third-order valence-corrected chi connectivity index (χ3v) is 5.75. The van der Waals surface area contributed by atoms with Crippen molar-refractivity contribution < 1.29 is 4.79 Å². The first-order valence-electron chi connectivity index (χ1n) is 8.49. The maximum atomic E-state index is 12.8. The fourth-order valence-corrected chi connectivity index (χ4v) is 4.09. The van der Waals surface area contributed by atoms with Crippen molar-refractivity contribution in [2.45, 2.75) is 42.5 Å². The molecule has 3 rings (SSSR count). The molecule has 1 saturated heterocycles. The van der Waals surface area contributed by atoms with E-state index in [1.807, 2.05) is 23.4 Å². The number of hydrogen-bond donors (Lipinski definition) is 0. The highest BCUT2D eigenvalue weighted by Crippen LogP contribution is 2.29. The molecule has 0 N–H and O–H groups in total. The van der Waals surface area contributed by atoms with Crippen LogP contribution in [-0.4, -0.2) is 43.9 Å². The molecule has 2 aromatic rings. The fraction of sp³-hybridized carbons (Fsp3) is 0.500. The minimum atomic E-state index is -0.138. The van der Waals surface area contributed by atoms with E-state index >= 15 is 0 Å². The second kappa shape index (κ2) is 7.83. The van der Waals surface area contributed by atoms with Gasteiger partial charge in [0.05, 0.1) is 5.25 Å². The number of nitrogens with zero attached hydrogens (tertiary/aromatic N) is 4. The predicted octanol–water partition coefficient (Wildman–Crippen LogP) is 3.09. The zero-order valence-corrected chi connectivity index (χ0v) is 15.1. The second-order valence-electron chi connectivity index (χ2n) is 6.35. The van der Waals surface area contributed by atoms with Crippen LogP contribution in [0.3, 0.4) is 0 Å². The topological polar surface area (TPSA) is 51.0 Å². The molecule has 24 heavy (non-hydrogen) atoms. The van der Waals surface area contributed by atoms with Gasteiger partial charge in [-0.3, -0.25) is 4.79 Å². The van der Waals surface area contributed by atoms with Gasteiger partial charge in [0, 0.05) is 20.1 Å². The van der Waals surface area contributed by atoms with Gasteiger partial charge < -0.3 is 9.47 Å². The monoisotopic (exact) mass is 344 g/mol. The number of rotatable bonds is 4. The molecule has 1 amide bonds. The molecule has 0 bridgehead atoms. The van der Waals surface area contributed by atoms with Crippen molar-refractivity contribution in [1.82, 2.24) is 19.7 Å². The summed E-state index contributed by atoms with van der Waals surface area (Å²) in [5.41, 5.74) is 1.40. The van der Waals surface area contributed by atoms with Gasteiger partial charge in [-0.1, -0.05) is 42.1 Å². The first-order chi connectivity index (χ1) is 11.6. The van der Waals surface area contributed by atoms with E-state index in [1.54, 1.807) is 6.33 Å². The predicted molar refractivity (Wildman–Crippen MR) is 95.9 cm³/mol. The minimum Gasteiger partial charge on any atom is -0.342 e. The summed E-state index contributed by atoms with van der Waals surface area (Å²) in [5.74, 6) is 0.766. The number of carbonyl (C=O) groups is 1. The van der Waals surface area contributed by atoms with E-state index in [-0.39, 0.29) is 11.2 Å². The fourth-order valence-electron chi connectivity index (χ4n) is 3.22. The Bertz CT molecular complexity index is 673. The SMILES string of the molecule is C[C@H](Sc1nncn1C)C(=O)N1CCC[C@H](c2ccccc2)CC1. The summed E-state index contributed by atoms with van der Waals surface area (Å²) in [6.07, 6.45) is 4.91. The highest BCUT2D eigenvalue weighted by atomic mass is 32.2. The zero-order valence-electron chi connectivity index (χ0n) is 14.3. The van der Waals surface area contributed by atoms with E-state index in [9.17, 15) is 4.79 Å². The summed E-state index contributed by atoms with van der Waals surface area (Å²) in [6.45, 7) is 3.65. The van der Waals surface area contributed by atoms with Crippen molar-refractivity contribution >= 4 is 17.7 Å². The van der Waals surface area contributed by atoms with Crippen molar-refractivity contribution in [3.63, 3.8) is 0 Å². The highest BCUT2D eigenvalue weighted by Gasteiger charge is 2.26. The van der Waals surface area contributed by atoms with Crippen LogP contribution in [0.1, 0.15) is 37.7 Å². The maximum absolute atomic E-state index is 12.8. The molecule has 0 spiro atoms. The molecule has 0 aliphatic carbocycles. The third-order valence-electron chi connectivity index (χ3n) is 4.61. The molecular weight excluding hydrogens is 320 g/mol. The van der Waals surface area contributed by atoms with Gasteiger partial charge in [0.25, 0.3) is 0 Å². The zero-order chi connectivity index (χ0) is 16.9. The normalized spacial score (nSPS) is 19.8. The van der Waals surface area contributed by atoms with E-state index in [0.717, 1.165) is 37.5 Å². The number of likely N-dealkylation sites (tertiary alicyclic amines) is 1. The van der Waals surface area contributed by atoms with E-state index in [0.29, 0.717) is 5.92 Å². The van der Waals surface area contributed by atoms with Crippen molar-refractivity contribution in [3.05, 3.63) is 42.2 Å². The lowest BCUT2D eigenvalue weighted by molar-refractivity contribution is -0.130. The average Bonchev–Trinajstić information content (AvgIpc) is 2.87. The Balaban J connectivity index is 1.59. The Morgan fingerprint density at radius 2 is 2.04 bits per heavy atom. The number of thioether (sulfide) groups is 1. The molecular formula is C18H24N4OS. The summed E-state index contributed by atoms with van der Waals surface area (Å²) in [6, 6.07) is 10.7. The van der Waals surface area contributed by atoms with Gasteiger partial charge in [-0.15, -0.1) is 10.2 Å². The van der Waals surface area contributed by atoms with Gasteiger partial charge in [0.15, 0.2) is 5.16 Å². The molecule has 1 aromatic heterocycles. The van der Waals surface area contributed by atoms with Gasteiger partial charge in [-0.25, -0.2) is 0 Å². The van der Waals surface area contributed by atoms with Crippen molar-refractivity contribution in [2.75, 3.05) is 13.1 Å². The number of hydrogen-bond acceptors (Lipinski definition) is 4. The molecule has 1 aliphatic heterocycles. The molecule has 1 aromatic carbocycles. The van der Waals surface area contributed by atoms with E-state index in [1.165, 1.54) is 17.3 Å². The number of benzene rings is 1. The summed E-state index contributed by atoms with van der Waals surface area (Å²) in [7, 11) is 1.90. The smallest absolute Gasteiger partial charge is 0.235 e. The Hall–Kier alpha value is -1.82. The maximum Gasteiger partial charge on any atom is 0.235 e. The lowest BCUT2D eigenvalue weighted by atomic mass is 9.92. The van der Waals surface area contributed by atoms with Crippen LogP contribution in [0.2, 0.25) is 0 Å². The Labute approximate surface area is 147 Å². The van der Waals surface area contributed by atoms with E-state index < -0.39 is 0 Å². The number of amides is 1. The minimum absolute atomic E-state index is 0.138. The highest BCUT2D eigenvalue weighted by molar-refractivity contribution is 8.00. The molecule has 0 saturated carbocycles.